The molecule has 0 aliphatic heterocycles. The molecule has 2 aromatic rings. The van der Waals surface area contributed by atoms with E-state index in [0.717, 1.165) is 0 Å². The number of hydrogen-bond donors (Lipinski definition) is 10. The van der Waals surface area contributed by atoms with Crippen molar-refractivity contribution in [2.75, 3.05) is 0 Å². The average Bonchev–Trinajstić information content (AvgIpc) is 2.92. The molecule has 2 aromatic carbocycles. The highest BCUT2D eigenvalue weighted by Gasteiger charge is 2.44. The zero-order valence-electron chi connectivity index (χ0n) is 21.8. The van der Waals surface area contributed by atoms with Gasteiger partial charge in [-0.2, -0.15) is 0 Å². The van der Waals surface area contributed by atoms with E-state index in [1.165, 1.54) is 0 Å². The second-order valence-corrected chi connectivity index (χ2v) is 8.23. The van der Waals surface area contributed by atoms with Gasteiger partial charge in [0.05, 0.1) is 66.8 Å². The molecule has 0 aromatic heterocycles. The van der Waals surface area contributed by atoms with Crippen molar-refractivity contribution in [3.8, 4) is 0 Å². The van der Waals surface area contributed by atoms with Crippen LogP contribution >= 0.6 is 0 Å². The first kappa shape index (κ1) is 35.5. The Hall–Kier alpha value is -7.72. The largest absolute Gasteiger partial charge is 0.478 e. The predicted octanol–water partition coefficient (Wildman–Crippen LogP) is -0.334. The van der Waals surface area contributed by atoms with Crippen LogP contribution in [0, 0.1) is 0 Å². The molecule has 23 heteroatoms. The summed E-state index contributed by atoms with van der Waals surface area (Å²) in [4.78, 5) is 146. The molecule has 0 radical (unpaired) electrons. The molecule has 0 bridgehead atoms. The molecular weight excluding hydrogens is 656 g/mol. The zero-order chi connectivity index (χ0) is 36.6. The molecule has 0 fully saturated rings. The lowest BCUT2D eigenvalue weighted by atomic mass is 9.85. The fourth-order valence-corrected chi connectivity index (χ4v) is 4.23. The molecular formula is C24H10O23. The second kappa shape index (κ2) is 12.5. The van der Waals surface area contributed by atoms with Crippen LogP contribution in [0.25, 0.3) is 0 Å². The lowest BCUT2D eigenvalue weighted by molar-refractivity contribution is 0.0375. The van der Waals surface area contributed by atoms with E-state index in [0.29, 0.717) is 0 Å². The zero-order valence-corrected chi connectivity index (χ0v) is 21.8. The van der Waals surface area contributed by atoms with E-state index in [1.807, 2.05) is 0 Å². The van der Waals surface area contributed by atoms with Crippen molar-refractivity contribution in [2.24, 2.45) is 0 Å². The van der Waals surface area contributed by atoms with Crippen LogP contribution in [0.1, 0.15) is 124 Å². The summed E-state index contributed by atoms with van der Waals surface area (Å²) in [5.41, 5.74) is -25.5. The Kier molecular flexibility index (Phi) is 9.42. The number of carbonyl (C=O) groups is 12. The van der Waals surface area contributed by atoms with Crippen LogP contribution in [0.5, 0.6) is 0 Å². The third-order valence-corrected chi connectivity index (χ3v) is 5.73. The monoisotopic (exact) mass is 666 g/mol. The average molecular weight is 666 g/mol. The Morgan fingerprint density at radius 1 is 0.234 bits per heavy atom. The minimum Gasteiger partial charge on any atom is -0.478 e. The summed E-state index contributed by atoms with van der Waals surface area (Å²) in [6.07, 6.45) is 0. The van der Waals surface area contributed by atoms with Crippen LogP contribution in [0.3, 0.4) is 0 Å². The van der Waals surface area contributed by atoms with E-state index in [1.54, 1.807) is 0 Å². The lowest BCUT2D eigenvalue weighted by Gasteiger charge is -2.19. The van der Waals surface area contributed by atoms with Crippen molar-refractivity contribution in [3.05, 3.63) is 66.8 Å². The van der Waals surface area contributed by atoms with Gasteiger partial charge in [-0.05, 0) is 0 Å². The van der Waals surface area contributed by atoms with Gasteiger partial charge in [-0.25, -0.2) is 57.5 Å². The molecule has 0 amide bonds. The van der Waals surface area contributed by atoms with Gasteiger partial charge >= 0.3 is 71.6 Å². The van der Waals surface area contributed by atoms with Crippen LogP contribution in [0.2, 0.25) is 0 Å². The van der Waals surface area contributed by atoms with Crippen LogP contribution in [0.15, 0.2) is 0 Å². The van der Waals surface area contributed by atoms with E-state index in [9.17, 15) is 109 Å². The summed E-state index contributed by atoms with van der Waals surface area (Å²) < 4.78 is 4.13. The van der Waals surface area contributed by atoms with Gasteiger partial charge in [0.2, 0.25) is 0 Å². The molecule has 0 saturated carbocycles. The molecule has 0 spiro atoms. The van der Waals surface area contributed by atoms with E-state index in [2.05, 4.69) is 4.74 Å². The SMILES string of the molecule is O=C(O)c1c(C(=O)O)c(C(=O)O)c(C(=O)OC(=O)c2c(C(=O)O)c(C(=O)O)c(C(=O)O)c(C(=O)O)c2C(=O)O)c(C(=O)O)c1C(=O)O. The van der Waals surface area contributed by atoms with E-state index >= 15 is 0 Å². The van der Waals surface area contributed by atoms with E-state index in [4.69, 9.17) is 0 Å². The number of carboxylic acids is 10. The molecule has 10 N–H and O–H groups in total. The number of esters is 2. The van der Waals surface area contributed by atoms with Gasteiger partial charge in [0.25, 0.3) is 0 Å². The number of carbonyl (C=O) groups excluding carboxylic acids is 2. The first-order chi connectivity index (χ1) is 21.5. The molecule has 244 valence electrons. The summed E-state index contributed by atoms with van der Waals surface area (Å²) >= 11 is 0. The first-order valence-corrected chi connectivity index (χ1v) is 11.1. The standard InChI is InChI=1S/C24H10O23/c25-13(26)1-3(15(29)30)7(19(37)38)11(8(20(39)40)4(1)16(31)32)23(45)47-24(46)12-9(21(41)42)5(17(33)34)2(14(27)28)6(18(35)36)10(12)22(43)44/h(H,25,26)(H,27,28)(H,29,30)(H,31,32)(H,33,34)(H,35,36)(H,37,38)(H,39,40)(H,41,42)(H,43,44). The number of ether oxygens (including phenoxy) is 1. The maximum Gasteiger partial charge on any atom is 0.347 e. The molecule has 23 nitrogen and oxygen atoms in total. The number of benzene rings is 2. The maximum atomic E-state index is 13.2. The van der Waals surface area contributed by atoms with Crippen molar-refractivity contribution in [1.29, 1.82) is 0 Å². The van der Waals surface area contributed by atoms with Gasteiger partial charge < -0.3 is 55.8 Å². The van der Waals surface area contributed by atoms with Crippen LogP contribution in [-0.4, -0.2) is 123 Å². The fourth-order valence-electron chi connectivity index (χ4n) is 4.23. The van der Waals surface area contributed by atoms with Crippen molar-refractivity contribution in [1.82, 2.24) is 0 Å². The molecule has 47 heavy (non-hydrogen) atoms. The van der Waals surface area contributed by atoms with Crippen molar-refractivity contribution in [3.63, 3.8) is 0 Å². The lowest BCUT2D eigenvalue weighted by Crippen LogP contribution is -2.31. The van der Waals surface area contributed by atoms with E-state index < -0.39 is 138 Å². The highest BCUT2D eigenvalue weighted by molar-refractivity contribution is 6.26. The molecule has 0 aliphatic rings. The maximum absolute atomic E-state index is 13.2. The summed E-state index contributed by atoms with van der Waals surface area (Å²) in [6.45, 7) is 0. The number of hydrogen-bond acceptors (Lipinski definition) is 13. The molecule has 0 aliphatic carbocycles. The van der Waals surface area contributed by atoms with Crippen molar-refractivity contribution in [2.45, 2.75) is 0 Å². The number of carboxylic acid groups (broad SMARTS) is 10. The first-order valence-electron chi connectivity index (χ1n) is 11.1. The molecule has 0 atom stereocenters. The topological polar surface area (TPSA) is 416 Å². The van der Waals surface area contributed by atoms with Crippen LogP contribution in [-0.2, 0) is 4.74 Å². The number of aromatic carboxylic acids is 10. The Bertz CT molecular complexity index is 1710. The van der Waals surface area contributed by atoms with Crippen LogP contribution in [0.4, 0.5) is 0 Å². The third kappa shape index (κ3) is 5.92. The second-order valence-electron chi connectivity index (χ2n) is 8.23. The smallest absolute Gasteiger partial charge is 0.347 e. The quantitative estimate of drug-likeness (QED) is 0.102. The van der Waals surface area contributed by atoms with Gasteiger partial charge in [0.1, 0.15) is 0 Å². The predicted molar refractivity (Wildman–Crippen MR) is 132 cm³/mol. The normalized spacial score (nSPS) is 10.3. The fraction of sp³-hybridized carbons (Fsp3) is 0. The van der Waals surface area contributed by atoms with Gasteiger partial charge in [0, 0.05) is 0 Å². The minimum absolute atomic E-state index is 2.02. The molecule has 0 saturated heterocycles. The Balaban J connectivity index is 3.28. The van der Waals surface area contributed by atoms with Crippen LogP contribution < -0.4 is 0 Å². The summed E-state index contributed by atoms with van der Waals surface area (Å²) in [7, 11) is 0. The van der Waals surface area contributed by atoms with Gasteiger partial charge in [-0.15, -0.1) is 0 Å². The molecule has 2 rings (SSSR count). The molecule has 0 unspecified atom stereocenters. The minimum atomic E-state index is -2.78. The van der Waals surface area contributed by atoms with Crippen molar-refractivity contribution < 1.29 is 113 Å². The Labute approximate surface area is 252 Å². The third-order valence-electron chi connectivity index (χ3n) is 5.73. The van der Waals surface area contributed by atoms with Gasteiger partial charge in [-0.3, -0.25) is 0 Å². The Morgan fingerprint density at radius 3 is 0.447 bits per heavy atom. The highest BCUT2D eigenvalue weighted by Crippen LogP contribution is 2.33. The summed E-state index contributed by atoms with van der Waals surface area (Å²) in [5, 5.41) is 95.3. The number of rotatable bonds is 12. The van der Waals surface area contributed by atoms with E-state index in [-0.39, 0.29) is 0 Å². The highest BCUT2D eigenvalue weighted by atomic mass is 16.6. The molecule has 0 heterocycles. The van der Waals surface area contributed by atoms with Gasteiger partial charge in [0.15, 0.2) is 0 Å². The summed E-state index contributed by atoms with van der Waals surface area (Å²) in [5.74, 6) is -31.9. The van der Waals surface area contributed by atoms with Crippen molar-refractivity contribution >= 4 is 71.6 Å². The summed E-state index contributed by atoms with van der Waals surface area (Å²) in [6, 6.07) is 0. The van der Waals surface area contributed by atoms with Gasteiger partial charge in [-0.1, -0.05) is 0 Å². The Morgan fingerprint density at radius 2 is 0.340 bits per heavy atom.